The van der Waals surface area contributed by atoms with E-state index in [2.05, 4.69) is 30.2 Å². The van der Waals surface area contributed by atoms with Crippen molar-refractivity contribution in [2.45, 2.75) is 213 Å². The second-order valence-electron chi connectivity index (χ2n) is 13.0. The van der Waals surface area contributed by atoms with Crippen LogP contribution < -0.4 is 29.6 Å². The van der Waals surface area contributed by atoms with E-state index in [-0.39, 0.29) is 42.1 Å². The quantitative estimate of drug-likeness (QED) is 0.0228. The van der Waals surface area contributed by atoms with Crippen molar-refractivity contribution >= 4 is 10.4 Å². The van der Waals surface area contributed by atoms with E-state index in [0.29, 0.717) is 0 Å². The second kappa shape index (κ2) is 37.1. The summed E-state index contributed by atoms with van der Waals surface area (Å²) < 4.78 is 37.5. The molecule has 0 bridgehead atoms. The fourth-order valence-electron chi connectivity index (χ4n) is 5.93. The Balaban J connectivity index is 0. The monoisotopic (exact) mass is 637 g/mol. The molecule has 0 spiro atoms. The van der Waals surface area contributed by atoms with E-state index in [0.717, 1.165) is 19.3 Å². The van der Waals surface area contributed by atoms with Crippen LogP contribution in [-0.4, -0.2) is 19.6 Å². The van der Waals surface area contributed by atoms with E-state index >= 15 is 0 Å². The SMILES string of the molecule is CCCCCCCCCCCCCCCC/C=C/C(CCCCCCCCCCCCCCCCC)COS(=O)(=O)[O-].[Na+]. The third-order valence-electron chi connectivity index (χ3n) is 8.74. The molecule has 0 saturated heterocycles. The van der Waals surface area contributed by atoms with Crippen LogP contribution in [-0.2, 0) is 14.6 Å². The van der Waals surface area contributed by atoms with Crippen molar-refractivity contribution < 1.29 is 46.7 Å². The normalized spacial score (nSPS) is 12.6. The molecule has 252 valence electrons. The predicted molar refractivity (Wildman–Crippen MR) is 183 cm³/mol. The number of hydrogen-bond acceptors (Lipinski definition) is 4. The molecule has 0 heterocycles. The van der Waals surface area contributed by atoms with Gasteiger partial charge < -0.3 is 4.55 Å². The number of allylic oxidation sites excluding steroid dienone is 1. The standard InChI is InChI=1S/C37H74O4S.Na/c1-3-5-7-9-11-13-15-17-19-21-23-25-27-29-31-33-35-37(36-41-42(38,39)40)34-32-30-28-26-24-22-20-18-16-14-12-10-8-6-4-2;/h33,35,37H,3-32,34,36H2,1-2H3,(H,38,39,40);/q;+1/p-1/b35-33+;. The van der Waals surface area contributed by atoms with Crippen molar-refractivity contribution in [2.24, 2.45) is 5.92 Å². The molecule has 0 aliphatic heterocycles. The minimum absolute atomic E-state index is 0. The summed E-state index contributed by atoms with van der Waals surface area (Å²) in [6, 6.07) is 0. The number of rotatable bonds is 35. The van der Waals surface area contributed by atoms with Crippen LogP contribution in [0.25, 0.3) is 0 Å². The van der Waals surface area contributed by atoms with Crippen molar-refractivity contribution in [3.8, 4) is 0 Å². The van der Waals surface area contributed by atoms with E-state index in [9.17, 15) is 13.0 Å². The maximum absolute atomic E-state index is 11.0. The summed E-state index contributed by atoms with van der Waals surface area (Å²) in [5, 5.41) is 0. The van der Waals surface area contributed by atoms with Crippen LogP contribution in [0.2, 0.25) is 0 Å². The fourth-order valence-corrected chi connectivity index (χ4v) is 6.27. The molecular formula is C37H73NaO4S. The first kappa shape index (κ1) is 45.7. The molecule has 1 atom stereocenters. The van der Waals surface area contributed by atoms with E-state index in [1.807, 2.05) is 0 Å². The first-order chi connectivity index (χ1) is 20.5. The Morgan fingerprint density at radius 3 is 1.14 bits per heavy atom. The van der Waals surface area contributed by atoms with Crippen LogP contribution in [0, 0.1) is 5.92 Å². The molecule has 4 nitrogen and oxygen atoms in total. The molecule has 0 aliphatic carbocycles. The van der Waals surface area contributed by atoms with Crippen molar-refractivity contribution in [2.75, 3.05) is 6.61 Å². The van der Waals surface area contributed by atoms with Gasteiger partial charge in [-0.2, -0.15) is 0 Å². The number of hydrogen-bond donors (Lipinski definition) is 0. The van der Waals surface area contributed by atoms with Gasteiger partial charge in [-0.3, -0.25) is 4.18 Å². The summed E-state index contributed by atoms with van der Waals surface area (Å²) >= 11 is 0. The van der Waals surface area contributed by atoms with E-state index in [1.165, 1.54) is 180 Å². The molecule has 0 aromatic carbocycles. The van der Waals surface area contributed by atoms with Gasteiger partial charge in [-0.15, -0.1) is 0 Å². The summed E-state index contributed by atoms with van der Waals surface area (Å²) in [5.74, 6) is 0.0161. The van der Waals surface area contributed by atoms with Crippen LogP contribution in [0.1, 0.15) is 213 Å². The summed E-state index contributed by atoms with van der Waals surface area (Å²) in [7, 11) is -4.62. The zero-order chi connectivity index (χ0) is 30.8. The molecule has 43 heavy (non-hydrogen) atoms. The van der Waals surface area contributed by atoms with Crippen LogP contribution >= 0.6 is 0 Å². The summed E-state index contributed by atoms with van der Waals surface area (Å²) in [5.41, 5.74) is 0. The molecule has 0 aromatic heterocycles. The Morgan fingerprint density at radius 2 is 0.814 bits per heavy atom. The van der Waals surface area contributed by atoms with Crippen molar-refractivity contribution in [3.05, 3.63) is 12.2 Å². The average molecular weight is 637 g/mol. The second-order valence-corrected chi connectivity index (χ2v) is 14.1. The molecule has 0 aromatic rings. The van der Waals surface area contributed by atoms with Gasteiger partial charge in [0.2, 0.25) is 10.4 Å². The Bertz CT molecular complexity index is 653. The van der Waals surface area contributed by atoms with Gasteiger partial charge in [-0.05, 0) is 19.3 Å². The van der Waals surface area contributed by atoms with E-state index in [4.69, 9.17) is 0 Å². The van der Waals surface area contributed by atoms with Crippen LogP contribution in [0.5, 0.6) is 0 Å². The van der Waals surface area contributed by atoms with Gasteiger partial charge in [0, 0.05) is 5.92 Å². The van der Waals surface area contributed by atoms with Crippen LogP contribution in [0.4, 0.5) is 0 Å². The maximum Gasteiger partial charge on any atom is 1.00 e. The first-order valence-electron chi connectivity index (χ1n) is 18.8. The van der Waals surface area contributed by atoms with Gasteiger partial charge in [0.25, 0.3) is 0 Å². The Hall–Kier alpha value is 0.610. The molecule has 6 heteroatoms. The first-order valence-corrected chi connectivity index (χ1v) is 20.1. The van der Waals surface area contributed by atoms with Crippen molar-refractivity contribution in [3.63, 3.8) is 0 Å². The Labute approximate surface area is 293 Å². The molecular weight excluding hydrogens is 563 g/mol. The average Bonchev–Trinajstić information content (AvgIpc) is 2.96. The summed E-state index contributed by atoms with van der Waals surface area (Å²) in [4.78, 5) is 0. The van der Waals surface area contributed by atoms with Gasteiger partial charge in [0.1, 0.15) is 0 Å². The topological polar surface area (TPSA) is 66.4 Å². The van der Waals surface area contributed by atoms with Crippen LogP contribution in [0.3, 0.4) is 0 Å². The Kier molecular flexibility index (Phi) is 39.4. The third kappa shape index (κ3) is 40.6. The summed E-state index contributed by atoms with van der Waals surface area (Å²) in [6.07, 6.45) is 45.3. The van der Waals surface area contributed by atoms with E-state index in [1.54, 1.807) is 0 Å². The van der Waals surface area contributed by atoms with Gasteiger partial charge in [0.15, 0.2) is 0 Å². The molecule has 0 radical (unpaired) electrons. The van der Waals surface area contributed by atoms with Gasteiger partial charge in [0.05, 0.1) is 6.61 Å². The van der Waals surface area contributed by atoms with Gasteiger partial charge >= 0.3 is 29.6 Å². The maximum atomic E-state index is 11.0. The molecule has 0 N–H and O–H groups in total. The van der Waals surface area contributed by atoms with Crippen molar-refractivity contribution in [1.29, 1.82) is 0 Å². The molecule has 1 unspecified atom stereocenters. The summed E-state index contributed by atoms with van der Waals surface area (Å²) in [6.45, 7) is 4.54. The van der Waals surface area contributed by atoms with Crippen molar-refractivity contribution in [1.82, 2.24) is 0 Å². The van der Waals surface area contributed by atoms with Crippen LogP contribution in [0.15, 0.2) is 12.2 Å². The predicted octanol–water partition coefficient (Wildman–Crippen LogP) is 9.77. The molecule has 0 fully saturated rings. The van der Waals surface area contributed by atoms with Gasteiger partial charge in [-0.1, -0.05) is 206 Å². The fraction of sp³-hybridized carbons (Fsp3) is 0.946. The molecule has 0 aliphatic rings. The molecule has 0 amide bonds. The zero-order valence-electron chi connectivity index (χ0n) is 29.4. The smallest absolute Gasteiger partial charge is 0.726 e. The minimum atomic E-state index is -4.62. The Morgan fingerprint density at radius 1 is 0.512 bits per heavy atom. The molecule has 0 saturated carbocycles. The largest absolute Gasteiger partial charge is 1.00 e. The minimum Gasteiger partial charge on any atom is -0.726 e. The molecule has 0 rings (SSSR count). The van der Waals surface area contributed by atoms with E-state index < -0.39 is 10.4 Å². The zero-order valence-corrected chi connectivity index (χ0v) is 32.2. The number of unbranched alkanes of at least 4 members (excludes halogenated alkanes) is 28. The van der Waals surface area contributed by atoms with Gasteiger partial charge in [-0.25, -0.2) is 8.42 Å². The third-order valence-corrected chi connectivity index (χ3v) is 9.16.